The minimum atomic E-state index is -4.76. The molecule has 1 aliphatic heterocycles. The van der Waals surface area contributed by atoms with E-state index in [1.165, 1.54) is 30.4 Å². The summed E-state index contributed by atoms with van der Waals surface area (Å²) in [5.74, 6) is -0.769. The predicted octanol–water partition coefficient (Wildman–Crippen LogP) is 4.12. The SMILES string of the molecule is Cc1c(-c2ccc(Cl)cc2)c(C(=O)N2CC(C)(O)C2)n(-c2cnccn2)c1C(F)(F)F. The van der Waals surface area contributed by atoms with Gasteiger partial charge in [0.25, 0.3) is 5.91 Å². The normalized spacial score (nSPS) is 15.6. The van der Waals surface area contributed by atoms with Crippen LogP contribution >= 0.6 is 11.6 Å². The van der Waals surface area contributed by atoms with Crippen molar-refractivity contribution in [3.8, 4) is 16.9 Å². The van der Waals surface area contributed by atoms with E-state index < -0.39 is 23.4 Å². The number of alkyl halides is 3. The Balaban J connectivity index is 2.03. The summed E-state index contributed by atoms with van der Waals surface area (Å²) in [6, 6.07) is 6.22. The second-order valence-electron chi connectivity index (χ2n) is 7.76. The third kappa shape index (κ3) is 3.79. The molecule has 0 bridgehead atoms. The van der Waals surface area contributed by atoms with Gasteiger partial charge >= 0.3 is 6.18 Å². The van der Waals surface area contributed by atoms with E-state index in [9.17, 15) is 23.1 Å². The van der Waals surface area contributed by atoms with E-state index in [-0.39, 0.29) is 35.7 Å². The molecular formula is C21H18ClF3N4O2. The van der Waals surface area contributed by atoms with Crippen molar-refractivity contribution >= 4 is 17.5 Å². The molecule has 3 heterocycles. The number of nitrogens with zero attached hydrogens (tertiary/aromatic N) is 4. The largest absolute Gasteiger partial charge is 0.432 e. The van der Waals surface area contributed by atoms with E-state index in [1.54, 1.807) is 31.2 Å². The number of hydrogen-bond donors (Lipinski definition) is 1. The zero-order chi connectivity index (χ0) is 22.6. The molecule has 6 nitrogen and oxygen atoms in total. The molecule has 0 atom stereocenters. The smallest absolute Gasteiger partial charge is 0.386 e. The first-order valence-corrected chi connectivity index (χ1v) is 9.74. The molecule has 1 fully saturated rings. The summed E-state index contributed by atoms with van der Waals surface area (Å²) in [4.78, 5) is 22.6. The Labute approximate surface area is 180 Å². The molecule has 1 aromatic carbocycles. The summed E-state index contributed by atoms with van der Waals surface area (Å²) in [6.07, 6.45) is -0.998. The summed E-state index contributed by atoms with van der Waals surface area (Å²) in [5.41, 5.74) is -1.85. The highest BCUT2D eigenvalue weighted by Gasteiger charge is 2.46. The number of carbonyl (C=O) groups excluding carboxylic acids is 1. The van der Waals surface area contributed by atoms with Gasteiger partial charge in [0.2, 0.25) is 0 Å². The number of aliphatic hydroxyl groups is 1. The molecule has 1 amide bonds. The summed E-state index contributed by atoms with van der Waals surface area (Å²) < 4.78 is 43.4. The fraction of sp³-hybridized carbons (Fsp3) is 0.286. The van der Waals surface area contributed by atoms with Crippen LogP contribution in [0.15, 0.2) is 42.9 Å². The van der Waals surface area contributed by atoms with Crippen LogP contribution in [0.3, 0.4) is 0 Å². The van der Waals surface area contributed by atoms with Gasteiger partial charge in [-0.15, -0.1) is 0 Å². The van der Waals surface area contributed by atoms with Gasteiger partial charge in [-0.05, 0) is 37.1 Å². The minimum absolute atomic E-state index is 0.0118. The number of rotatable bonds is 3. The van der Waals surface area contributed by atoms with Gasteiger partial charge in [0.1, 0.15) is 11.4 Å². The Bertz CT molecular complexity index is 1130. The number of aromatic nitrogens is 3. The molecule has 0 unspecified atom stereocenters. The lowest BCUT2D eigenvalue weighted by Crippen LogP contribution is -2.62. The highest BCUT2D eigenvalue weighted by molar-refractivity contribution is 6.30. The molecule has 1 aliphatic rings. The fourth-order valence-electron chi connectivity index (χ4n) is 3.90. The number of carbonyl (C=O) groups is 1. The second kappa shape index (κ2) is 7.35. The fourth-order valence-corrected chi connectivity index (χ4v) is 4.03. The molecule has 3 aromatic rings. The third-order valence-corrected chi connectivity index (χ3v) is 5.40. The predicted molar refractivity (Wildman–Crippen MR) is 108 cm³/mol. The van der Waals surface area contributed by atoms with Gasteiger partial charge in [0, 0.05) is 23.0 Å². The van der Waals surface area contributed by atoms with Crippen molar-refractivity contribution in [2.75, 3.05) is 13.1 Å². The van der Waals surface area contributed by atoms with Crippen molar-refractivity contribution in [1.82, 2.24) is 19.4 Å². The highest BCUT2D eigenvalue weighted by Crippen LogP contribution is 2.43. The van der Waals surface area contributed by atoms with E-state index in [0.29, 0.717) is 10.6 Å². The first kappa shape index (κ1) is 21.3. The number of halogens is 4. The monoisotopic (exact) mass is 450 g/mol. The first-order chi connectivity index (χ1) is 14.5. The first-order valence-electron chi connectivity index (χ1n) is 9.36. The van der Waals surface area contributed by atoms with Gasteiger partial charge < -0.3 is 10.0 Å². The summed E-state index contributed by atoms with van der Waals surface area (Å²) in [6.45, 7) is 2.91. The van der Waals surface area contributed by atoms with Crippen molar-refractivity contribution in [2.24, 2.45) is 0 Å². The van der Waals surface area contributed by atoms with Crippen molar-refractivity contribution in [3.05, 3.63) is 64.8 Å². The maximum absolute atomic E-state index is 14.2. The van der Waals surface area contributed by atoms with Crippen molar-refractivity contribution in [1.29, 1.82) is 0 Å². The van der Waals surface area contributed by atoms with E-state index in [4.69, 9.17) is 11.6 Å². The average Bonchev–Trinajstić information content (AvgIpc) is 3.00. The number of β-amino-alcohol motifs (C(OH)–C–C–N with tert-alkyl or cyclic N) is 1. The van der Waals surface area contributed by atoms with Gasteiger partial charge in [0.05, 0.1) is 24.9 Å². The van der Waals surface area contributed by atoms with Crippen LogP contribution in [0.1, 0.15) is 28.7 Å². The number of hydrogen-bond acceptors (Lipinski definition) is 4. The van der Waals surface area contributed by atoms with Crippen LogP contribution in [-0.2, 0) is 6.18 Å². The van der Waals surface area contributed by atoms with Gasteiger partial charge in [-0.25, -0.2) is 4.98 Å². The Kier molecular flexibility index (Phi) is 5.06. The molecule has 0 aliphatic carbocycles. The van der Waals surface area contributed by atoms with E-state index in [0.717, 1.165) is 4.57 Å². The maximum Gasteiger partial charge on any atom is 0.432 e. The van der Waals surface area contributed by atoms with E-state index in [2.05, 4.69) is 9.97 Å². The molecular weight excluding hydrogens is 433 g/mol. The van der Waals surface area contributed by atoms with Crippen LogP contribution in [0.2, 0.25) is 5.02 Å². The van der Waals surface area contributed by atoms with Crippen molar-refractivity contribution < 1.29 is 23.1 Å². The Morgan fingerprint density at radius 3 is 2.35 bits per heavy atom. The van der Waals surface area contributed by atoms with Crippen LogP contribution in [0.25, 0.3) is 16.9 Å². The molecule has 0 radical (unpaired) electrons. The Hall–Kier alpha value is -2.91. The Morgan fingerprint density at radius 1 is 1.19 bits per heavy atom. The molecule has 2 aromatic heterocycles. The van der Waals surface area contributed by atoms with Crippen LogP contribution in [0, 0.1) is 6.92 Å². The lowest BCUT2D eigenvalue weighted by atomic mass is 9.95. The van der Waals surface area contributed by atoms with Crippen LogP contribution in [0.5, 0.6) is 0 Å². The van der Waals surface area contributed by atoms with Gasteiger partial charge in [-0.3, -0.25) is 14.3 Å². The molecule has 162 valence electrons. The number of amides is 1. The van der Waals surface area contributed by atoms with E-state index >= 15 is 0 Å². The molecule has 1 N–H and O–H groups in total. The van der Waals surface area contributed by atoms with Crippen molar-refractivity contribution in [2.45, 2.75) is 25.6 Å². The summed E-state index contributed by atoms with van der Waals surface area (Å²) in [7, 11) is 0. The molecule has 0 saturated carbocycles. The second-order valence-corrected chi connectivity index (χ2v) is 8.20. The zero-order valence-corrected chi connectivity index (χ0v) is 17.4. The van der Waals surface area contributed by atoms with E-state index in [1.807, 2.05) is 0 Å². The highest BCUT2D eigenvalue weighted by atomic mass is 35.5. The molecule has 4 rings (SSSR count). The molecule has 31 heavy (non-hydrogen) atoms. The quantitative estimate of drug-likeness (QED) is 0.651. The number of benzene rings is 1. The van der Waals surface area contributed by atoms with Crippen LogP contribution in [0.4, 0.5) is 13.2 Å². The standard InChI is InChI=1S/C21H18ClF3N4O2/c1-12-16(13-3-5-14(22)6-4-13)17(19(30)28-10-20(2,31)11-28)29(18(12)21(23,24)25)15-9-26-7-8-27-15/h3-9,31H,10-11H2,1-2H3. The van der Waals surface area contributed by atoms with Crippen LogP contribution in [-0.4, -0.2) is 49.1 Å². The minimum Gasteiger partial charge on any atom is -0.386 e. The van der Waals surface area contributed by atoms with Gasteiger partial charge in [-0.1, -0.05) is 23.7 Å². The van der Waals surface area contributed by atoms with Gasteiger partial charge in [-0.2, -0.15) is 13.2 Å². The average molecular weight is 451 g/mol. The third-order valence-electron chi connectivity index (χ3n) is 5.15. The maximum atomic E-state index is 14.2. The lowest BCUT2D eigenvalue weighted by molar-refractivity contribution is -0.142. The van der Waals surface area contributed by atoms with Gasteiger partial charge in [0.15, 0.2) is 5.82 Å². The van der Waals surface area contributed by atoms with Crippen LogP contribution < -0.4 is 0 Å². The molecule has 0 spiro atoms. The molecule has 1 saturated heterocycles. The summed E-state index contributed by atoms with van der Waals surface area (Å²) in [5, 5.41) is 10.5. The zero-order valence-electron chi connectivity index (χ0n) is 16.6. The number of likely N-dealkylation sites (tertiary alicyclic amines) is 1. The topological polar surface area (TPSA) is 71.2 Å². The lowest BCUT2D eigenvalue weighted by Gasteiger charge is -2.44. The van der Waals surface area contributed by atoms with Crippen molar-refractivity contribution in [3.63, 3.8) is 0 Å². The molecule has 10 heteroatoms. The Morgan fingerprint density at radius 2 is 1.84 bits per heavy atom. The summed E-state index contributed by atoms with van der Waals surface area (Å²) >= 11 is 5.95.